The van der Waals surface area contributed by atoms with Gasteiger partial charge in [0, 0.05) is 0 Å². The summed E-state index contributed by atoms with van der Waals surface area (Å²) in [5, 5.41) is 21.2. The van der Waals surface area contributed by atoms with Gasteiger partial charge < -0.3 is 9.84 Å². The zero-order valence-corrected chi connectivity index (χ0v) is 8.90. The largest absolute Gasteiger partial charge is 0.504 e. The molecule has 0 saturated heterocycles. The fourth-order valence-electron chi connectivity index (χ4n) is 1.27. The van der Waals surface area contributed by atoms with Crippen molar-refractivity contribution in [3.63, 3.8) is 0 Å². The van der Waals surface area contributed by atoms with Crippen LogP contribution in [0.15, 0.2) is 18.2 Å². The number of ether oxygens (including phenoxy) is 1. The summed E-state index contributed by atoms with van der Waals surface area (Å²) >= 11 is 0. The van der Waals surface area contributed by atoms with Crippen molar-refractivity contribution in [2.75, 3.05) is 13.7 Å². The number of aromatic hydroxyl groups is 1. The fourth-order valence-corrected chi connectivity index (χ4v) is 1.27. The minimum atomic E-state index is -0.509. The Kier molecular flexibility index (Phi) is 4.20. The maximum atomic E-state index is 9.40. The first-order chi connectivity index (χ1) is 7.72. The molecule has 0 aromatic heterocycles. The summed E-state index contributed by atoms with van der Waals surface area (Å²) in [4.78, 5) is 0. The molecule has 16 heavy (non-hydrogen) atoms. The standard InChI is InChI=1S/C12H12N2O2/c1-3-6-14-10(8-13)9-4-5-11(15)12(7-9)16-2/h1,4-5,7,10,14-15H,6H2,2H3. The van der Waals surface area contributed by atoms with Gasteiger partial charge in [0.15, 0.2) is 11.5 Å². The minimum Gasteiger partial charge on any atom is -0.504 e. The summed E-state index contributed by atoms with van der Waals surface area (Å²) in [6.45, 7) is 0.307. The summed E-state index contributed by atoms with van der Waals surface area (Å²) in [7, 11) is 1.45. The second-order valence-electron chi connectivity index (χ2n) is 3.08. The van der Waals surface area contributed by atoms with E-state index in [4.69, 9.17) is 16.4 Å². The van der Waals surface area contributed by atoms with Crippen molar-refractivity contribution in [2.24, 2.45) is 0 Å². The molecule has 1 atom stereocenters. The number of methoxy groups -OCH3 is 1. The molecule has 0 aliphatic heterocycles. The Hall–Kier alpha value is -2.17. The normalized spacial score (nSPS) is 11.2. The molecule has 82 valence electrons. The van der Waals surface area contributed by atoms with E-state index >= 15 is 0 Å². The Balaban J connectivity index is 2.94. The predicted octanol–water partition coefficient (Wildman–Crippen LogP) is 1.19. The molecule has 0 fully saturated rings. The Morgan fingerprint density at radius 1 is 1.62 bits per heavy atom. The number of rotatable bonds is 4. The summed E-state index contributed by atoms with van der Waals surface area (Å²) in [6.07, 6.45) is 5.10. The Morgan fingerprint density at radius 3 is 2.94 bits per heavy atom. The van der Waals surface area contributed by atoms with Crippen molar-refractivity contribution in [3.8, 4) is 29.9 Å². The van der Waals surface area contributed by atoms with Crippen LogP contribution in [0.2, 0.25) is 0 Å². The fraction of sp³-hybridized carbons (Fsp3) is 0.250. The number of phenols is 1. The number of terminal acetylenes is 1. The third kappa shape index (κ3) is 2.66. The average Bonchev–Trinajstić information content (AvgIpc) is 2.32. The van der Waals surface area contributed by atoms with Gasteiger partial charge in [-0.05, 0) is 17.7 Å². The third-order valence-corrected chi connectivity index (χ3v) is 2.07. The highest BCUT2D eigenvalue weighted by molar-refractivity contribution is 5.43. The molecule has 0 spiro atoms. The van der Waals surface area contributed by atoms with Crippen LogP contribution in [0.25, 0.3) is 0 Å². The molecule has 0 radical (unpaired) electrons. The molecule has 0 heterocycles. The van der Waals surface area contributed by atoms with E-state index in [1.807, 2.05) is 0 Å². The predicted molar refractivity (Wildman–Crippen MR) is 59.8 cm³/mol. The van der Waals surface area contributed by atoms with E-state index < -0.39 is 6.04 Å². The van der Waals surface area contributed by atoms with Gasteiger partial charge in [0.25, 0.3) is 0 Å². The Morgan fingerprint density at radius 2 is 2.38 bits per heavy atom. The van der Waals surface area contributed by atoms with Crippen LogP contribution in [-0.4, -0.2) is 18.8 Å². The van der Waals surface area contributed by atoms with E-state index in [2.05, 4.69) is 17.3 Å². The summed E-state index contributed by atoms with van der Waals surface area (Å²) in [5.41, 5.74) is 0.701. The second kappa shape index (κ2) is 5.65. The molecule has 2 N–H and O–H groups in total. The first-order valence-electron chi connectivity index (χ1n) is 4.66. The molecule has 4 nitrogen and oxygen atoms in total. The number of hydrogen-bond donors (Lipinski definition) is 2. The number of phenolic OH excluding ortho intramolecular Hbond substituents is 1. The van der Waals surface area contributed by atoms with Gasteiger partial charge in [0.2, 0.25) is 0 Å². The van der Waals surface area contributed by atoms with Gasteiger partial charge in [-0.25, -0.2) is 0 Å². The van der Waals surface area contributed by atoms with Gasteiger partial charge in [-0.1, -0.05) is 12.0 Å². The highest BCUT2D eigenvalue weighted by Crippen LogP contribution is 2.28. The highest BCUT2D eigenvalue weighted by atomic mass is 16.5. The third-order valence-electron chi connectivity index (χ3n) is 2.07. The number of nitriles is 1. The quantitative estimate of drug-likeness (QED) is 0.742. The number of hydrogen-bond acceptors (Lipinski definition) is 4. The number of nitrogens with zero attached hydrogens (tertiary/aromatic N) is 1. The first-order valence-corrected chi connectivity index (χ1v) is 4.66. The first kappa shape index (κ1) is 11.9. The second-order valence-corrected chi connectivity index (χ2v) is 3.08. The molecule has 0 aliphatic carbocycles. The molecule has 1 rings (SSSR count). The zero-order valence-electron chi connectivity index (χ0n) is 8.90. The van der Waals surface area contributed by atoms with Crippen LogP contribution in [0.3, 0.4) is 0 Å². The van der Waals surface area contributed by atoms with Crippen LogP contribution in [0.1, 0.15) is 11.6 Å². The molecule has 4 heteroatoms. The smallest absolute Gasteiger partial charge is 0.160 e. The minimum absolute atomic E-state index is 0.0416. The van der Waals surface area contributed by atoms with E-state index in [9.17, 15) is 5.11 Å². The van der Waals surface area contributed by atoms with Crippen LogP contribution in [-0.2, 0) is 0 Å². The molecular weight excluding hydrogens is 204 g/mol. The van der Waals surface area contributed by atoms with Gasteiger partial charge in [-0.3, -0.25) is 5.32 Å². The summed E-state index contributed by atoms with van der Waals surface area (Å²) in [5.74, 6) is 2.77. The Bertz CT molecular complexity index is 443. The molecule has 1 aromatic carbocycles. The Labute approximate surface area is 94.5 Å². The van der Waals surface area contributed by atoms with E-state index in [1.54, 1.807) is 12.1 Å². The lowest BCUT2D eigenvalue weighted by molar-refractivity contribution is 0.372. The molecule has 0 amide bonds. The van der Waals surface area contributed by atoms with Crippen molar-refractivity contribution in [1.29, 1.82) is 5.26 Å². The van der Waals surface area contributed by atoms with Crippen LogP contribution in [0.4, 0.5) is 0 Å². The van der Waals surface area contributed by atoms with Crippen LogP contribution in [0.5, 0.6) is 11.5 Å². The van der Waals surface area contributed by atoms with Gasteiger partial charge in [0.05, 0.1) is 19.7 Å². The van der Waals surface area contributed by atoms with Gasteiger partial charge >= 0.3 is 0 Å². The van der Waals surface area contributed by atoms with Gasteiger partial charge in [-0.2, -0.15) is 5.26 Å². The number of nitrogens with one attached hydrogen (secondary N) is 1. The SMILES string of the molecule is C#CCNC(C#N)c1ccc(O)c(OC)c1. The van der Waals surface area contributed by atoms with E-state index in [-0.39, 0.29) is 5.75 Å². The average molecular weight is 216 g/mol. The van der Waals surface area contributed by atoms with Crippen LogP contribution >= 0.6 is 0 Å². The molecule has 1 unspecified atom stereocenters. The highest BCUT2D eigenvalue weighted by Gasteiger charge is 2.11. The van der Waals surface area contributed by atoms with Crippen LogP contribution in [0, 0.1) is 23.7 Å². The lowest BCUT2D eigenvalue weighted by Gasteiger charge is -2.11. The molecule has 0 bridgehead atoms. The zero-order chi connectivity index (χ0) is 12.0. The maximum absolute atomic E-state index is 9.40. The molecular formula is C12H12N2O2. The van der Waals surface area contributed by atoms with Crippen molar-refractivity contribution < 1.29 is 9.84 Å². The van der Waals surface area contributed by atoms with Gasteiger partial charge in [0.1, 0.15) is 6.04 Å². The lowest BCUT2D eigenvalue weighted by Crippen LogP contribution is -2.20. The van der Waals surface area contributed by atoms with Crippen molar-refractivity contribution in [2.45, 2.75) is 6.04 Å². The number of benzene rings is 1. The van der Waals surface area contributed by atoms with E-state index in [0.29, 0.717) is 17.9 Å². The van der Waals surface area contributed by atoms with Crippen molar-refractivity contribution in [3.05, 3.63) is 23.8 Å². The van der Waals surface area contributed by atoms with Crippen molar-refractivity contribution in [1.82, 2.24) is 5.32 Å². The van der Waals surface area contributed by atoms with Crippen molar-refractivity contribution >= 4 is 0 Å². The summed E-state index contributed by atoms with van der Waals surface area (Å²) in [6, 6.07) is 6.31. The van der Waals surface area contributed by atoms with Crippen LogP contribution < -0.4 is 10.1 Å². The van der Waals surface area contributed by atoms with E-state index in [1.165, 1.54) is 13.2 Å². The maximum Gasteiger partial charge on any atom is 0.160 e. The summed E-state index contributed by atoms with van der Waals surface area (Å²) < 4.78 is 4.96. The van der Waals surface area contributed by atoms with Gasteiger partial charge in [-0.15, -0.1) is 6.42 Å². The topological polar surface area (TPSA) is 65.3 Å². The molecule has 0 aliphatic rings. The lowest BCUT2D eigenvalue weighted by atomic mass is 10.1. The monoisotopic (exact) mass is 216 g/mol. The molecule has 0 saturated carbocycles. The molecule has 1 aromatic rings. The van der Waals surface area contributed by atoms with E-state index in [0.717, 1.165) is 0 Å².